The third-order valence-corrected chi connectivity index (χ3v) is 8.52. The fraction of sp³-hybridized carbons (Fsp3) is 0. The summed E-state index contributed by atoms with van der Waals surface area (Å²) < 4.78 is 6.18. The van der Waals surface area contributed by atoms with Gasteiger partial charge in [0.05, 0.1) is 27.8 Å². The lowest BCUT2D eigenvalue weighted by molar-refractivity contribution is 0.878. The van der Waals surface area contributed by atoms with Crippen LogP contribution in [0.15, 0.2) is 138 Å². The molecule has 6 aromatic rings. The van der Waals surface area contributed by atoms with Crippen molar-refractivity contribution in [3.05, 3.63) is 144 Å². The molecule has 0 N–H and O–H groups in total. The Morgan fingerprint density at radius 2 is 1.15 bits per heavy atom. The van der Waals surface area contributed by atoms with Crippen molar-refractivity contribution in [2.24, 2.45) is 0 Å². The highest BCUT2D eigenvalue weighted by Gasteiger charge is 2.35. The first-order valence-corrected chi connectivity index (χ1v) is 13.6. The lowest BCUT2D eigenvalue weighted by Gasteiger charge is -2.32. The molecule has 40 heavy (non-hydrogen) atoms. The van der Waals surface area contributed by atoms with Crippen molar-refractivity contribution in [1.29, 1.82) is 0 Å². The maximum Gasteiger partial charge on any atom is 0.338 e. The van der Waals surface area contributed by atoms with Crippen LogP contribution in [0.5, 0.6) is 0 Å². The highest BCUT2D eigenvalue weighted by atomic mass is 16.1. The Morgan fingerprint density at radius 1 is 0.500 bits per heavy atom. The first-order valence-electron chi connectivity index (χ1n) is 13.6. The molecule has 6 aromatic carbocycles. The second-order valence-electron chi connectivity index (χ2n) is 10.6. The third kappa shape index (κ3) is 2.68. The van der Waals surface area contributed by atoms with Gasteiger partial charge in [0.25, 0.3) is 0 Å². The molecule has 0 saturated heterocycles. The summed E-state index contributed by atoms with van der Waals surface area (Å²) in [5.41, 5.74) is 10.3. The van der Waals surface area contributed by atoms with Crippen molar-refractivity contribution in [3.63, 3.8) is 0 Å². The zero-order chi connectivity index (χ0) is 26.4. The predicted molar refractivity (Wildman–Crippen MR) is 165 cm³/mol. The Balaban J connectivity index is 1.57. The molecule has 0 saturated carbocycles. The number of aromatic nitrogens is 3. The average Bonchev–Trinajstić information content (AvgIpc) is 3.02. The molecular formula is C35H22BN3O. The Labute approximate surface area is 230 Å². The number of fused-ring (bicyclic) bond motifs is 4. The topological polar surface area (TPSA) is 31.9 Å². The minimum atomic E-state index is -0.0483. The fourth-order valence-corrected chi connectivity index (χ4v) is 6.94. The van der Waals surface area contributed by atoms with Crippen LogP contribution in [-0.2, 0) is 0 Å². The first kappa shape index (κ1) is 21.6. The number of rotatable bonds is 2. The van der Waals surface area contributed by atoms with Crippen molar-refractivity contribution in [2.75, 3.05) is 0 Å². The van der Waals surface area contributed by atoms with E-state index in [0.29, 0.717) is 0 Å². The second kappa shape index (κ2) is 7.87. The molecule has 0 aliphatic carbocycles. The van der Waals surface area contributed by atoms with E-state index >= 15 is 0 Å². The molecule has 0 unspecified atom stereocenters. The van der Waals surface area contributed by atoms with Crippen LogP contribution < -0.4 is 22.1 Å². The van der Waals surface area contributed by atoms with Crippen LogP contribution in [0.4, 0.5) is 0 Å². The summed E-state index contributed by atoms with van der Waals surface area (Å²) in [7, 11) is 0. The van der Waals surface area contributed by atoms with Gasteiger partial charge < -0.3 is 4.57 Å². The molecule has 0 radical (unpaired) electrons. The third-order valence-electron chi connectivity index (χ3n) is 8.52. The van der Waals surface area contributed by atoms with Crippen molar-refractivity contribution >= 4 is 55.9 Å². The van der Waals surface area contributed by atoms with Gasteiger partial charge in [-0.3, -0.25) is 9.13 Å². The minimum absolute atomic E-state index is 0.0318. The second-order valence-corrected chi connectivity index (χ2v) is 10.6. The van der Waals surface area contributed by atoms with Crippen LogP contribution in [0.25, 0.3) is 49.9 Å². The standard InChI is InChI=1S/C35H22BN3O/c40-35-38-28-16-8-7-15-26(28)36(24-11-3-1-4-12-24)27-21-19-23-20-22-31-34(32(23)33(27)38)39(35)30-18-10-9-17-29(30)37(31)25-13-5-2-6-14-25/h1-22H. The summed E-state index contributed by atoms with van der Waals surface area (Å²) in [6.07, 6.45) is 0. The molecule has 0 atom stereocenters. The van der Waals surface area contributed by atoms with Crippen LogP contribution in [-0.4, -0.2) is 20.4 Å². The number of para-hydroxylation sites is 4. The summed E-state index contributed by atoms with van der Waals surface area (Å²) in [5.74, 6) is 0. The van der Waals surface area contributed by atoms with Gasteiger partial charge >= 0.3 is 5.69 Å². The summed E-state index contributed by atoms with van der Waals surface area (Å²) >= 11 is 0. The predicted octanol–water partition coefficient (Wildman–Crippen LogP) is 5.15. The Bertz CT molecular complexity index is 2290. The van der Waals surface area contributed by atoms with E-state index in [1.54, 1.807) is 0 Å². The van der Waals surface area contributed by atoms with E-state index in [1.165, 1.54) is 5.46 Å². The van der Waals surface area contributed by atoms with Gasteiger partial charge in [-0.1, -0.05) is 103 Å². The van der Waals surface area contributed by atoms with E-state index in [9.17, 15) is 4.79 Å². The number of benzene rings is 6. The zero-order valence-electron chi connectivity index (χ0n) is 21.5. The Hall–Kier alpha value is -5.29. The molecule has 3 heterocycles. The van der Waals surface area contributed by atoms with Crippen LogP contribution in [0.2, 0.25) is 0 Å². The normalized spacial score (nSPS) is 12.6. The van der Waals surface area contributed by atoms with E-state index in [-0.39, 0.29) is 12.4 Å². The molecular weight excluding hydrogens is 489 g/mol. The molecule has 0 fully saturated rings. The summed E-state index contributed by atoms with van der Waals surface area (Å²) in [6, 6.07) is 46.4. The van der Waals surface area contributed by atoms with Gasteiger partial charge in [-0.25, -0.2) is 4.79 Å². The number of hydrogen-bond acceptors (Lipinski definition) is 1. The van der Waals surface area contributed by atoms with E-state index in [1.807, 2.05) is 33.4 Å². The summed E-state index contributed by atoms with van der Waals surface area (Å²) in [6.45, 7) is 0.0318. The molecule has 0 amide bonds. The first-order chi connectivity index (χ1) is 19.8. The molecule has 0 bridgehead atoms. The van der Waals surface area contributed by atoms with Crippen LogP contribution >= 0.6 is 0 Å². The quantitative estimate of drug-likeness (QED) is 0.180. The van der Waals surface area contributed by atoms with E-state index in [2.05, 4.69) is 114 Å². The van der Waals surface area contributed by atoms with Crippen molar-refractivity contribution in [3.8, 4) is 17.1 Å². The SMILES string of the molecule is O=c1n2c3ccccc3n(-c3ccccc3)c3ccc4ccc5c(c4c3-2)n1-c1ccccc1B5c1ccccc1. The highest BCUT2D eigenvalue weighted by molar-refractivity contribution is 6.98. The largest absolute Gasteiger partial charge is 0.338 e. The summed E-state index contributed by atoms with van der Waals surface area (Å²) in [5, 5.41) is 2.24. The monoisotopic (exact) mass is 511 g/mol. The van der Waals surface area contributed by atoms with E-state index in [0.717, 1.165) is 60.8 Å². The van der Waals surface area contributed by atoms with Crippen molar-refractivity contribution < 1.29 is 0 Å². The van der Waals surface area contributed by atoms with E-state index in [4.69, 9.17) is 0 Å². The molecule has 5 heteroatoms. The van der Waals surface area contributed by atoms with Crippen molar-refractivity contribution in [1.82, 2.24) is 13.7 Å². The van der Waals surface area contributed by atoms with Crippen molar-refractivity contribution in [2.45, 2.75) is 0 Å². The molecule has 3 aliphatic heterocycles. The van der Waals surface area contributed by atoms with Crippen LogP contribution in [0.1, 0.15) is 0 Å². The lowest BCUT2D eigenvalue weighted by Crippen LogP contribution is -2.57. The lowest BCUT2D eigenvalue weighted by atomic mass is 9.35. The van der Waals surface area contributed by atoms with Gasteiger partial charge in [0, 0.05) is 16.8 Å². The Morgan fingerprint density at radius 3 is 1.95 bits per heavy atom. The Kier molecular flexibility index (Phi) is 4.25. The molecule has 0 aromatic heterocycles. The molecule has 9 rings (SSSR count). The smallest absolute Gasteiger partial charge is 0.306 e. The van der Waals surface area contributed by atoms with Gasteiger partial charge in [-0.2, -0.15) is 0 Å². The van der Waals surface area contributed by atoms with Gasteiger partial charge in [-0.05, 0) is 52.7 Å². The molecule has 0 spiro atoms. The van der Waals surface area contributed by atoms with E-state index < -0.39 is 0 Å². The van der Waals surface area contributed by atoms with Crippen LogP contribution in [0, 0.1) is 0 Å². The average molecular weight is 511 g/mol. The maximum absolute atomic E-state index is 14.8. The number of nitrogens with zero attached hydrogens (tertiary/aromatic N) is 3. The van der Waals surface area contributed by atoms with Gasteiger partial charge in [-0.15, -0.1) is 0 Å². The minimum Gasteiger partial charge on any atom is -0.306 e. The van der Waals surface area contributed by atoms with Gasteiger partial charge in [0.1, 0.15) is 0 Å². The summed E-state index contributed by atoms with van der Waals surface area (Å²) in [4.78, 5) is 14.8. The molecule has 186 valence electrons. The van der Waals surface area contributed by atoms with Gasteiger partial charge in [0.15, 0.2) is 0 Å². The van der Waals surface area contributed by atoms with Gasteiger partial charge in [0.2, 0.25) is 6.71 Å². The zero-order valence-corrected chi connectivity index (χ0v) is 21.5. The molecule has 3 aliphatic rings. The fourth-order valence-electron chi connectivity index (χ4n) is 6.94. The highest BCUT2D eigenvalue weighted by Crippen LogP contribution is 2.37. The number of hydrogen-bond donors (Lipinski definition) is 0. The van der Waals surface area contributed by atoms with Crippen LogP contribution in [0.3, 0.4) is 0 Å². The maximum atomic E-state index is 14.8. The molecule has 4 nitrogen and oxygen atoms in total.